The third kappa shape index (κ3) is 4.07. The van der Waals surface area contributed by atoms with Crippen LogP contribution in [0.4, 0.5) is 5.69 Å². The van der Waals surface area contributed by atoms with Crippen LogP contribution < -0.4 is 10.6 Å². The van der Waals surface area contributed by atoms with Crippen LogP contribution in [0.15, 0.2) is 41.3 Å². The second-order valence-electron chi connectivity index (χ2n) is 8.91. The minimum Gasteiger partial charge on any atom is -0.462 e. The Kier molecular flexibility index (Phi) is 5.46. The van der Waals surface area contributed by atoms with Crippen LogP contribution in [0.1, 0.15) is 47.3 Å². The van der Waals surface area contributed by atoms with E-state index in [4.69, 9.17) is 14.9 Å². The third-order valence-corrected chi connectivity index (χ3v) is 6.36. The van der Waals surface area contributed by atoms with Gasteiger partial charge in [0.05, 0.1) is 12.9 Å². The minimum atomic E-state index is -0.0275. The maximum Gasteiger partial charge on any atom is 0.185 e. The van der Waals surface area contributed by atoms with Crippen LogP contribution >= 0.6 is 0 Å². The molecule has 0 amide bonds. The fourth-order valence-electron chi connectivity index (χ4n) is 4.88. The van der Waals surface area contributed by atoms with Crippen molar-refractivity contribution in [2.24, 2.45) is 11.7 Å². The molecule has 31 heavy (non-hydrogen) atoms. The van der Waals surface area contributed by atoms with Gasteiger partial charge in [-0.05, 0) is 37.0 Å². The van der Waals surface area contributed by atoms with Gasteiger partial charge in [0.1, 0.15) is 11.2 Å². The lowest BCUT2D eigenvalue weighted by Crippen LogP contribution is -2.46. The molecule has 7 nitrogen and oxygen atoms in total. The first-order chi connectivity index (χ1) is 15.1. The summed E-state index contributed by atoms with van der Waals surface area (Å²) in [7, 11) is 0. The maximum absolute atomic E-state index is 13.2. The zero-order chi connectivity index (χ0) is 21.4. The molecule has 2 N–H and O–H groups in total. The van der Waals surface area contributed by atoms with E-state index in [1.54, 1.807) is 24.7 Å². The number of fused-ring (bicyclic) bond motifs is 1. The van der Waals surface area contributed by atoms with Gasteiger partial charge < -0.3 is 19.8 Å². The standard InChI is InChI=1S/C24H28N4O3/c1-15-8-18(25)12-28(11-15)21-4-6-26-10-17(21)9-22(29)20-2-3-23-24(27-20)19(14-31-23)16-5-7-30-13-16/h2-4,6,10,14-16,18H,5,7-9,11-13,25H2,1H3/t15-,16?,18+/m1/s1. The molecular weight excluding hydrogens is 392 g/mol. The smallest absolute Gasteiger partial charge is 0.185 e. The average Bonchev–Trinajstić information content (AvgIpc) is 3.42. The lowest BCUT2D eigenvalue weighted by Gasteiger charge is -2.37. The van der Waals surface area contributed by atoms with Gasteiger partial charge in [-0.25, -0.2) is 4.98 Å². The lowest BCUT2D eigenvalue weighted by molar-refractivity contribution is 0.0988. The Morgan fingerprint density at radius 1 is 1.29 bits per heavy atom. The van der Waals surface area contributed by atoms with E-state index in [2.05, 4.69) is 21.8 Å². The number of hydrogen-bond acceptors (Lipinski definition) is 7. The summed E-state index contributed by atoms with van der Waals surface area (Å²) in [6.45, 7) is 5.37. The fraction of sp³-hybridized carbons (Fsp3) is 0.458. The number of aromatic nitrogens is 2. The highest BCUT2D eigenvalue weighted by Gasteiger charge is 2.26. The number of piperidine rings is 1. The van der Waals surface area contributed by atoms with Crippen molar-refractivity contribution in [2.75, 3.05) is 31.2 Å². The topological polar surface area (TPSA) is 94.5 Å². The Hall–Kier alpha value is -2.77. The predicted molar refractivity (Wildman–Crippen MR) is 118 cm³/mol. The summed E-state index contributed by atoms with van der Waals surface area (Å²) in [5.41, 5.74) is 11.2. The molecule has 0 spiro atoms. The zero-order valence-electron chi connectivity index (χ0n) is 17.8. The monoisotopic (exact) mass is 420 g/mol. The molecule has 5 heterocycles. The van der Waals surface area contributed by atoms with Crippen LogP contribution in [0.2, 0.25) is 0 Å². The zero-order valence-corrected chi connectivity index (χ0v) is 17.8. The summed E-state index contributed by atoms with van der Waals surface area (Å²) in [5.74, 6) is 0.762. The van der Waals surface area contributed by atoms with Crippen molar-refractivity contribution in [3.8, 4) is 0 Å². The van der Waals surface area contributed by atoms with E-state index in [9.17, 15) is 4.79 Å². The van der Waals surface area contributed by atoms with Crippen LogP contribution in [0, 0.1) is 5.92 Å². The van der Waals surface area contributed by atoms with Gasteiger partial charge in [0.25, 0.3) is 0 Å². The second-order valence-corrected chi connectivity index (χ2v) is 8.91. The molecule has 0 aromatic carbocycles. The largest absolute Gasteiger partial charge is 0.462 e. The third-order valence-electron chi connectivity index (χ3n) is 6.36. The lowest BCUT2D eigenvalue weighted by atomic mass is 9.95. The molecule has 0 saturated carbocycles. The predicted octanol–water partition coefficient (Wildman–Crippen LogP) is 3.33. The summed E-state index contributed by atoms with van der Waals surface area (Å²) >= 11 is 0. The van der Waals surface area contributed by atoms with E-state index in [1.165, 1.54) is 0 Å². The van der Waals surface area contributed by atoms with Gasteiger partial charge in [-0.3, -0.25) is 9.78 Å². The number of rotatable bonds is 5. The fourth-order valence-corrected chi connectivity index (χ4v) is 4.88. The number of nitrogens with two attached hydrogens (primary N) is 1. The van der Waals surface area contributed by atoms with Crippen molar-refractivity contribution in [3.63, 3.8) is 0 Å². The highest BCUT2D eigenvalue weighted by Crippen LogP contribution is 2.32. The van der Waals surface area contributed by atoms with Crippen LogP contribution in [0.5, 0.6) is 0 Å². The number of furan rings is 1. The van der Waals surface area contributed by atoms with Gasteiger partial charge in [-0.1, -0.05) is 6.92 Å². The second kappa shape index (κ2) is 8.40. The Balaban J connectivity index is 1.40. The highest BCUT2D eigenvalue weighted by molar-refractivity contribution is 5.98. The molecule has 2 aliphatic heterocycles. The van der Waals surface area contributed by atoms with Gasteiger partial charge in [0.15, 0.2) is 11.4 Å². The van der Waals surface area contributed by atoms with Crippen LogP contribution in [-0.2, 0) is 11.2 Å². The van der Waals surface area contributed by atoms with E-state index in [0.717, 1.165) is 54.9 Å². The molecule has 5 rings (SSSR count). The maximum atomic E-state index is 13.2. The van der Waals surface area contributed by atoms with Crippen molar-refractivity contribution < 1.29 is 13.9 Å². The van der Waals surface area contributed by atoms with Crippen molar-refractivity contribution in [3.05, 3.63) is 53.7 Å². The molecule has 3 aromatic heterocycles. The number of hydrogen-bond donors (Lipinski definition) is 1. The van der Waals surface area contributed by atoms with Crippen molar-refractivity contribution >= 4 is 22.6 Å². The molecule has 2 fully saturated rings. The summed E-state index contributed by atoms with van der Waals surface area (Å²) in [6, 6.07) is 5.71. The Labute approximate surface area is 181 Å². The number of Topliss-reactive ketones (excluding diaryl/α,β-unsaturated/α-hetero) is 1. The first-order valence-corrected chi connectivity index (χ1v) is 11.0. The molecule has 0 radical (unpaired) electrons. The highest BCUT2D eigenvalue weighted by atomic mass is 16.5. The van der Waals surface area contributed by atoms with E-state index >= 15 is 0 Å². The molecule has 0 bridgehead atoms. The SMILES string of the molecule is C[C@@H]1C[C@H](N)CN(c2ccncc2CC(=O)c2ccc3occ(C4CCOC4)c3n2)C1. The van der Waals surface area contributed by atoms with Crippen LogP contribution in [0.3, 0.4) is 0 Å². The molecule has 7 heteroatoms. The molecule has 3 atom stereocenters. The molecule has 3 aromatic rings. The summed E-state index contributed by atoms with van der Waals surface area (Å²) < 4.78 is 11.2. The van der Waals surface area contributed by atoms with E-state index in [1.807, 2.05) is 12.1 Å². The van der Waals surface area contributed by atoms with E-state index in [0.29, 0.717) is 23.8 Å². The molecule has 162 valence electrons. The van der Waals surface area contributed by atoms with E-state index < -0.39 is 0 Å². The van der Waals surface area contributed by atoms with Gasteiger partial charge in [0.2, 0.25) is 0 Å². The van der Waals surface area contributed by atoms with Crippen molar-refractivity contribution in [1.29, 1.82) is 0 Å². The number of ketones is 1. The molecule has 1 unspecified atom stereocenters. The Bertz CT molecular complexity index is 1080. The average molecular weight is 421 g/mol. The van der Waals surface area contributed by atoms with E-state index in [-0.39, 0.29) is 24.2 Å². The Morgan fingerprint density at radius 3 is 3.00 bits per heavy atom. The molecule has 0 aliphatic carbocycles. The summed E-state index contributed by atoms with van der Waals surface area (Å²) in [4.78, 5) is 24.4. The Morgan fingerprint density at radius 2 is 2.19 bits per heavy atom. The van der Waals surface area contributed by atoms with Crippen LogP contribution in [-0.4, -0.2) is 48.1 Å². The summed E-state index contributed by atoms with van der Waals surface area (Å²) in [5, 5.41) is 0. The number of carbonyl (C=O) groups is 1. The summed E-state index contributed by atoms with van der Waals surface area (Å²) in [6.07, 6.45) is 7.55. The van der Waals surface area contributed by atoms with Crippen molar-refractivity contribution in [2.45, 2.75) is 38.1 Å². The number of pyridine rings is 2. The molecule has 2 aliphatic rings. The van der Waals surface area contributed by atoms with Crippen molar-refractivity contribution in [1.82, 2.24) is 9.97 Å². The van der Waals surface area contributed by atoms with Gasteiger partial charge >= 0.3 is 0 Å². The van der Waals surface area contributed by atoms with Gasteiger partial charge in [-0.2, -0.15) is 0 Å². The number of anilines is 1. The normalized spacial score (nSPS) is 24.1. The first-order valence-electron chi connectivity index (χ1n) is 11.0. The minimum absolute atomic E-state index is 0.0275. The molecule has 2 saturated heterocycles. The number of ether oxygens (including phenoxy) is 1. The first kappa shape index (κ1) is 20.2. The van der Waals surface area contributed by atoms with Crippen LogP contribution in [0.25, 0.3) is 11.1 Å². The number of carbonyl (C=O) groups excluding carboxylic acids is 1. The van der Waals surface area contributed by atoms with Gasteiger partial charge in [0, 0.05) is 67.3 Å². The quantitative estimate of drug-likeness (QED) is 0.633. The molecular formula is C24H28N4O3. The number of nitrogens with zero attached hydrogens (tertiary/aromatic N) is 3. The van der Waals surface area contributed by atoms with Gasteiger partial charge in [-0.15, -0.1) is 0 Å².